The van der Waals surface area contributed by atoms with E-state index >= 15 is 0 Å². The summed E-state index contributed by atoms with van der Waals surface area (Å²) in [5.74, 6) is -0.206. The normalized spacial score (nSPS) is 10.7. The molecule has 0 unspecified atom stereocenters. The molecule has 0 aliphatic carbocycles. The van der Waals surface area contributed by atoms with Crippen LogP contribution in [0.5, 0.6) is 0 Å². The lowest BCUT2D eigenvalue weighted by molar-refractivity contribution is 0.0991. The van der Waals surface area contributed by atoms with Crippen molar-refractivity contribution < 1.29 is 9.59 Å². The zero-order valence-corrected chi connectivity index (χ0v) is 14.4. The molecule has 3 amide bonds. The van der Waals surface area contributed by atoms with E-state index in [1.165, 1.54) is 10.2 Å². The van der Waals surface area contributed by atoms with Gasteiger partial charge in [0.1, 0.15) is 5.69 Å². The minimum atomic E-state index is -0.631. The van der Waals surface area contributed by atoms with Gasteiger partial charge < -0.3 is 16.4 Å². The number of anilines is 2. The Morgan fingerprint density at radius 1 is 1.21 bits per heavy atom. The number of aryl methyl sites for hydroxylation is 2. The van der Waals surface area contributed by atoms with Gasteiger partial charge in [0, 0.05) is 12.2 Å². The van der Waals surface area contributed by atoms with Crippen LogP contribution in [0.2, 0.25) is 0 Å². The summed E-state index contributed by atoms with van der Waals surface area (Å²) in [6.07, 6.45) is 0. The highest BCUT2D eigenvalue weighted by Gasteiger charge is 2.20. The van der Waals surface area contributed by atoms with Crippen molar-refractivity contribution in [2.75, 3.05) is 10.6 Å². The van der Waals surface area contributed by atoms with Gasteiger partial charge in [-0.15, -0.1) is 0 Å². The number of urea groups is 1. The number of nitrogens with two attached hydrogens (primary N) is 1. The topological polar surface area (TPSA) is 102 Å². The Balaban J connectivity index is 2.15. The molecule has 0 aliphatic rings. The Labute approximate surface area is 141 Å². The molecule has 1 aromatic heterocycles. The minimum absolute atomic E-state index is 0.195. The van der Waals surface area contributed by atoms with Crippen molar-refractivity contribution in [1.29, 1.82) is 0 Å². The second-order valence-corrected chi connectivity index (χ2v) is 5.84. The molecule has 1 aromatic carbocycles. The summed E-state index contributed by atoms with van der Waals surface area (Å²) in [6.45, 7) is 8.26. The van der Waals surface area contributed by atoms with E-state index in [0.717, 1.165) is 0 Å². The number of nitrogens with zero attached hydrogens (tertiary/aromatic N) is 2. The van der Waals surface area contributed by atoms with Crippen LogP contribution in [-0.4, -0.2) is 21.7 Å². The van der Waals surface area contributed by atoms with Crippen molar-refractivity contribution in [3.05, 3.63) is 41.2 Å². The Bertz CT molecular complexity index is 747. The lowest BCUT2D eigenvalue weighted by Gasteiger charge is -2.10. The van der Waals surface area contributed by atoms with Gasteiger partial charge in [0.05, 0.1) is 11.4 Å². The van der Waals surface area contributed by atoms with Gasteiger partial charge in [-0.2, -0.15) is 5.10 Å². The molecule has 2 rings (SSSR count). The predicted octanol–water partition coefficient (Wildman–Crippen LogP) is 3.08. The van der Waals surface area contributed by atoms with Crippen LogP contribution in [0.4, 0.5) is 16.2 Å². The van der Waals surface area contributed by atoms with Crippen LogP contribution in [-0.2, 0) is 6.54 Å². The molecule has 24 heavy (non-hydrogen) atoms. The highest BCUT2D eigenvalue weighted by Crippen LogP contribution is 2.21. The third-order valence-corrected chi connectivity index (χ3v) is 3.73. The lowest BCUT2D eigenvalue weighted by Crippen LogP contribution is -2.24. The van der Waals surface area contributed by atoms with E-state index < -0.39 is 11.9 Å². The standard InChI is InChI=1S/C17H23N5O2/c1-5-22-15(16(18)23)14(11(4)21-22)20-17(24)19-13-8-6-12(7-9-13)10(2)3/h6-10H,5H2,1-4H3,(H2,18,23)(H2,19,20,24). The molecule has 0 radical (unpaired) electrons. The van der Waals surface area contributed by atoms with Crippen molar-refractivity contribution >= 4 is 23.3 Å². The van der Waals surface area contributed by atoms with Crippen LogP contribution in [0.3, 0.4) is 0 Å². The van der Waals surface area contributed by atoms with Gasteiger partial charge in [-0.25, -0.2) is 4.79 Å². The van der Waals surface area contributed by atoms with Crippen LogP contribution in [0.15, 0.2) is 24.3 Å². The summed E-state index contributed by atoms with van der Waals surface area (Å²) < 4.78 is 1.48. The highest BCUT2D eigenvalue weighted by atomic mass is 16.2. The number of carbonyl (C=O) groups is 2. The average molecular weight is 329 g/mol. The smallest absolute Gasteiger partial charge is 0.323 e. The highest BCUT2D eigenvalue weighted by molar-refractivity contribution is 6.05. The molecule has 1 heterocycles. The van der Waals surface area contributed by atoms with Crippen molar-refractivity contribution in [1.82, 2.24) is 9.78 Å². The van der Waals surface area contributed by atoms with E-state index in [1.807, 2.05) is 31.2 Å². The molecule has 2 aromatic rings. The fraction of sp³-hybridized carbons (Fsp3) is 0.353. The average Bonchev–Trinajstić information content (AvgIpc) is 2.84. The first-order valence-corrected chi connectivity index (χ1v) is 7.88. The summed E-state index contributed by atoms with van der Waals surface area (Å²) in [4.78, 5) is 23.9. The maximum absolute atomic E-state index is 12.2. The Morgan fingerprint density at radius 2 is 1.83 bits per heavy atom. The third kappa shape index (κ3) is 3.73. The zero-order chi connectivity index (χ0) is 17.9. The molecule has 7 heteroatoms. The molecule has 0 aliphatic heterocycles. The van der Waals surface area contributed by atoms with Crippen molar-refractivity contribution in [3.63, 3.8) is 0 Å². The van der Waals surface area contributed by atoms with Crippen molar-refractivity contribution in [2.45, 2.75) is 40.2 Å². The summed E-state index contributed by atoms with van der Waals surface area (Å²) in [6, 6.07) is 7.16. The van der Waals surface area contributed by atoms with Gasteiger partial charge >= 0.3 is 6.03 Å². The van der Waals surface area contributed by atoms with Crippen LogP contribution in [0.25, 0.3) is 0 Å². The van der Waals surface area contributed by atoms with Crippen molar-refractivity contribution in [2.24, 2.45) is 5.73 Å². The molecular weight excluding hydrogens is 306 g/mol. The predicted molar refractivity (Wildman–Crippen MR) is 94.3 cm³/mol. The number of rotatable bonds is 5. The van der Waals surface area contributed by atoms with Gasteiger partial charge in [-0.1, -0.05) is 26.0 Å². The molecule has 0 spiro atoms. The molecule has 0 atom stereocenters. The Hall–Kier alpha value is -2.83. The van der Waals surface area contributed by atoms with E-state index in [2.05, 4.69) is 29.6 Å². The number of carbonyl (C=O) groups excluding carboxylic acids is 2. The fourth-order valence-electron chi connectivity index (χ4n) is 2.44. The first kappa shape index (κ1) is 17.5. The van der Waals surface area contributed by atoms with E-state index in [1.54, 1.807) is 6.92 Å². The van der Waals surface area contributed by atoms with Crippen LogP contribution in [0, 0.1) is 6.92 Å². The summed E-state index contributed by atoms with van der Waals surface area (Å²) >= 11 is 0. The van der Waals surface area contributed by atoms with Crippen molar-refractivity contribution in [3.8, 4) is 0 Å². The quantitative estimate of drug-likeness (QED) is 0.785. The van der Waals surface area contributed by atoms with Gasteiger partial charge in [0.25, 0.3) is 5.91 Å². The number of benzene rings is 1. The molecule has 0 saturated carbocycles. The van der Waals surface area contributed by atoms with Crippen LogP contribution >= 0.6 is 0 Å². The van der Waals surface area contributed by atoms with E-state index in [0.29, 0.717) is 29.5 Å². The largest absolute Gasteiger partial charge is 0.364 e. The number of amides is 3. The fourth-order valence-corrected chi connectivity index (χ4v) is 2.44. The second kappa shape index (κ2) is 7.16. The number of primary amides is 1. The van der Waals surface area contributed by atoms with Gasteiger partial charge in [-0.3, -0.25) is 9.48 Å². The van der Waals surface area contributed by atoms with Gasteiger partial charge in [0.2, 0.25) is 0 Å². The van der Waals surface area contributed by atoms with Crippen LogP contribution < -0.4 is 16.4 Å². The molecule has 4 N–H and O–H groups in total. The van der Waals surface area contributed by atoms with Gasteiger partial charge in [-0.05, 0) is 37.5 Å². The monoisotopic (exact) mass is 329 g/mol. The van der Waals surface area contributed by atoms with E-state index in [4.69, 9.17) is 5.73 Å². The number of hydrogen-bond acceptors (Lipinski definition) is 3. The zero-order valence-electron chi connectivity index (χ0n) is 14.4. The first-order chi connectivity index (χ1) is 11.3. The number of aromatic nitrogens is 2. The van der Waals surface area contributed by atoms with Crippen LogP contribution in [0.1, 0.15) is 48.4 Å². The summed E-state index contributed by atoms with van der Waals surface area (Å²) in [5.41, 5.74) is 8.33. The summed E-state index contributed by atoms with van der Waals surface area (Å²) in [5, 5.41) is 9.62. The molecule has 0 bridgehead atoms. The van der Waals surface area contributed by atoms with E-state index in [-0.39, 0.29) is 5.69 Å². The Kier molecular flexibility index (Phi) is 5.23. The molecule has 7 nitrogen and oxygen atoms in total. The minimum Gasteiger partial charge on any atom is -0.364 e. The summed E-state index contributed by atoms with van der Waals surface area (Å²) in [7, 11) is 0. The molecule has 0 saturated heterocycles. The maximum atomic E-state index is 12.2. The Morgan fingerprint density at radius 3 is 2.33 bits per heavy atom. The van der Waals surface area contributed by atoms with Gasteiger partial charge in [0.15, 0.2) is 0 Å². The molecule has 0 fully saturated rings. The van der Waals surface area contributed by atoms with E-state index in [9.17, 15) is 9.59 Å². The number of nitrogens with one attached hydrogen (secondary N) is 2. The molecule has 128 valence electrons. The first-order valence-electron chi connectivity index (χ1n) is 7.88. The molecular formula is C17H23N5O2. The lowest BCUT2D eigenvalue weighted by atomic mass is 10.0. The maximum Gasteiger partial charge on any atom is 0.323 e. The second-order valence-electron chi connectivity index (χ2n) is 5.84. The SMILES string of the molecule is CCn1nc(C)c(NC(=O)Nc2ccc(C(C)C)cc2)c1C(N)=O. The number of hydrogen-bond donors (Lipinski definition) is 3. The third-order valence-electron chi connectivity index (χ3n) is 3.73.